The summed E-state index contributed by atoms with van der Waals surface area (Å²) in [5, 5.41) is 0.658. The van der Waals surface area contributed by atoms with Gasteiger partial charge in [-0.15, -0.1) is 0 Å². The van der Waals surface area contributed by atoms with E-state index in [-0.39, 0.29) is 0 Å². The number of rotatable bonds is 2. The van der Waals surface area contributed by atoms with Crippen LogP contribution in [-0.4, -0.2) is 20.4 Å². The molecule has 0 N–H and O–H groups in total. The number of benzene rings is 1. The summed E-state index contributed by atoms with van der Waals surface area (Å²) in [6, 6.07) is 5.18. The van der Waals surface area contributed by atoms with Crippen LogP contribution in [0.3, 0.4) is 0 Å². The first kappa shape index (κ1) is 9.07. The van der Waals surface area contributed by atoms with Gasteiger partial charge < -0.3 is 4.90 Å². The lowest BCUT2D eigenvalue weighted by Gasteiger charge is -2.14. The molecule has 0 spiro atoms. The molecule has 0 atom stereocenters. The van der Waals surface area contributed by atoms with E-state index < -0.39 is 0 Å². The normalized spacial score (nSPS) is 9.58. The van der Waals surface area contributed by atoms with Crippen molar-refractivity contribution in [3.8, 4) is 0 Å². The van der Waals surface area contributed by atoms with E-state index in [0.29, 0.717) is 10.6 Å². The number of anilines is 1. The maximum atomic E-state index is 10.4. The molecule has 0 saturated carbocycles. The van der Waals surface area contributed by atoms with Crippen molar-refractivity contribution in [3.63, 3.8) is 0 Å². The minimum atomic E-state index is 0.642. The molecule has 1 aromatic carbocycles. The number of hydrogen-bond donors (Lipinski definition) is 0. The average Bonchev–Trinajstić information content (AvgIpc) is 2.05. The van der Waals surface area contributed by atoms with E-state index in [1.54, 1.807) is 18.2 Å². The zero-order valence-corrected chi connectivity index (χ0v) is 7.80. The minimum Gasteiger partial charge on any atom is -0.376 e. The summed E-state index contributed by atoms with van der Waals surface area (Å²) in [7, 11) is 3.77. The van der Waals surface area contributed by atoms with Gasteiger partial charge in [-0.25, -0.2) is 0 Å². The van der Waals surface area contributed by atoms with Crippen molar-refractivity contribution < 1.29 is 4.79 Å². The van der Waals surface area contributed by atoms with Gasteiger partial charge in [-0.1, -0.05) is 17.7 Å². The molecule has 2 nitrogen and oxygen atoms in total. The molecule has 1 rings (SSSR count). The smallest absolute Gasteiger partial charge is 0.150 e. The summed E-state index contributed by atoms with van der Waals surface area (Å²) in [6.07, 6.45) is 0.809. The van der Waals surface area contributed by atoms with Crippen molar-refractivity contribution in [2.24, 2.45) is 0 Å². The van der Waals surface area contributed by atoms with Crippen molar-refractivity contribution in [1.29, 1.82) is 0 Å². The van der Waals surface area contributed by atoms with E-state index in [4.69, 9.17) is 11.6 Å². The third kappa shape index (κ3) is 1.77. The Morgan fingerprint density at radius 2 is 2.08 bits per heavy atom. The molecule has 1 aromatic rings. The fourth-order valence-electron chi connectivity index (χ4n) is 0.946. The molecule has 0 aromatic heterocycles. The predicted octanol–water partition coefficient (Wildman–Crippen LogP) is 2.22. The second kappa shape index (κ2) is 3.59. The molecule has 0 unspecified atom stereocenters. The van der Waals surface area contributed by atoms with Gasteiger partial charge in [-0.3, -0.25) is 4.79 Å². The molecule has 0 aliphatic heterocycles. The highest BCUT2D eigenvalue weighted by Crippen LogP contribution is 2.24. The van der Waals surface area contributed by atoms with Crippen LogP contribution in [0.1, 0.15) is 10.4 Å². The Morgan fingerprint density at radius 3 is 2.58 bits per heavy atom. The number of aldehydes is 1. The van der Waals surface area contributed by atoms with Crippen molar-refractivity contribution in [1.82, 2.24) is 0 Å². The molecule has 0 amide bonds. The zero-order valence-electron chi connectivity index (χ0n) is 7.04. The predicted molar refractivity (Wildman–Crippen MR) is 51.2 cm³/mol. The molecule has 64 valence electrons. The van der Waals surface area contributed by atoms with Crippen LogP contribution < -0.4 is 4.90 Å². The van der Waals surface area contributed by atoms with Crippen molar-refractivity contribution in [2.75, 3.05) is 19.0 Å². The van der Waals surface area contributed by atoms with Crippen LogP contribution in [-0.2, 0) is 0 Å². The molecular weight excluding hydrogens is 174 g/mol. The monoisotopic (exact) mass is 183 g/mol. The number of hydrogen-bond acceptors (Lipinski definition) is 2. The summed E-state index contributed by atoms with van der Waals surface area (Å²) in [5.74, 6) is 0. The maximum Gasteiger partial charge on any atom is 0.150 e. The van der Waals surface area contributed by atoms with Gasteiger partial charge in [0.05, 0.1) is 10.7 Å². The summed E-state index contributed by atoms with van der Waals surface area (Å²) in [6.45, 7) is 0. The highest BCUT2D eigenvalue weighted by molar-refractivity contribution is 6.33. The Bertz CT molecular complexity index is 297. The average molecular weight is 184 g/mol. The van der Waals surface area contributed by atoms with Gasteiger partial charge in [-0.2, -0.15) is 0 Å². The van der Waals surface area contributed by atoms with Crippen molar-refractivity contribution in [3.05, 3.63) is 28.8 Å². The Labute approximate surface area is 76.8 Å². The molecule has 12 heavy (non-hydrogen) atoms. The molecule has 0 aliphatic rings. The molecule has 0 radical (unpaired) electrons. The van der Waals surface area contributed by atoms with E-state index in [0.717, 1.165) is 12.0 Å². The Kier molecular flexibility index (Phi) is 2.71. The van der Waals surface area contributed by atoms with Gasteiger partial charge in [0, 0.05) is 19.7 Å². The first-order valence-corrected chi connectivity index (χ1v) is 3.95. The largest absolute Gasteiger partial charge is 0.376 e. The maximum absolute atomic E-state index is 10.4. The lowest BCUT2D eigenvalue weighted by Crippen LogP contribution is -2.09. The first-order chi connectivity index (χ1) is 5.65. The van der Waals surface area contributed by atoms with Crippen LogP contribution in [0, 0.1) is 0 Å². The molecule has 0 saturated heterocycles. The molecule has 0 aliphatic carbocycles. The standard InChI is InChI=1S/C9H10ClNO/c1-11(2)9-5-7(6-12)3-4-8(9)10/h3-6H,1-2H3. The second-order valence-corrected chi connectivity index (χ2v) is 3.13. The van der Waals surface area contributed by atoms with E-state index in [9.17, 15) is 4.79 Å². The van der Waals surface area contributed by atoms with Crippen LogP contribution in [0.4, 0.5) is 5.69 Å². The van der Waals surface area contributed by atoms with Gasteiger partial charge in [0.1, 0.15) is 6.29 Å². The third-order valence-corrected chi connectivity index (χ3v) is 1.91. The molecule has 0 bridgehead atoms. The summed E-state index contributed by atoms with van der Waals surface area (Å²) in [5.41, 5.74) is 1.50. The number of carbonyl (C=O) groups excluding carboxylic acids is 1. The summed E-state index contributed by atoms with van der Waals surface area (Å²) >= 11 is 5.89. The van der Waals surface area contributed by atoms with Gasteiger partial charge in [0.2, 0.25) is 0 Å². The third-order valence-electron chi connectivity index (χ3n) is 1.59. The van der Waals surface area contributed by atoms with E-state index in [2.05, 4.69) is 0 Å². The van der Waals surface area contributed by atoms with Gasteiger partial charge in [0.25, 0.3) is 0 Å². The van der Waals surface area contributed by atoms with Gasteiger partial charge >= 0.3 is 0 Å². The molecule has 3 heteroatoms. The molecule has 0 fully saturated rings. The van der Waals surface area contributed by atoms with E-state index >= 15 is 0 Å². The Morgan fingerprint density at radius 1 is 1.42 bits per heavy atom. The number of carbonyl (C=O) groups is 1. The fourth-order valence-corrected chi connectivity index (χ4v) is 1.23. The lowest BCUT2D eigenvalue weighted by molar-refractivity contribution is 0.112. The number of nitrogens with zero attached hydrogens (tertiary/aromatic N) is 1. The molecular formula is C9H10ClNO. The Balaban J connectivity index is 3.16. The SMILES string of the molecule is CN(C)c1cc(C=O)ccc1Cl. The van der Waals surface area contributed by atoms with Gasteiger partial charge in [0.15, 0.2) is 0 Å². The minimum absolute atomic E-state index is 0.642. The zero-order chi connectivity index (χ0) is 9.14. The number of halogens is 1. The van der Waals surface area contributed by atoms with Crippen LogP contribution in [0.2, 0.25) is 5.02 Å². The van der Waals surface area contributed by atoms with Crippen LogP contribution in [0.25, 0.3) is 0 Å². The highest BCUT2D eigenvalue weighted by Gasteiger charge is 2.02. The fraction of sp³-hybridized carbons (Fsp3) is 0.222. The van der Waals surface area contributed by atoms with Crippen LogP contribution in [0.5, 0.6) is 0 Å². The van der Waals surface area contributed by atoms with E-state index in [1.807, 2.05) is 19.0 Å². The quantitative estimate of drug-likeness (QED) is 0.656. The first-order valence-electron chi connectivity index (χ1n) is 3.57. The molecule has 0 heterocycles. The second-order valence-electron chi connectivity index (χ2n) is 2.72. The van der Waals surface area contributed by atoms with Crippen molar-refractivity contribution >= 4 is 23.6 Å². The van der Waals surface area contributed by atoms with Crippen LogP contribution in [0.15, 0.2) is 18.2 Å². The van der Waals surface area contributed by atoms with E-state index in [1.165, 1.54) is 0 Å². The summed E-state index contributed by atoms with van der Waals surface area (Å²) < 4.78 is 0. The topological polar surface area (TPSA) is 20.3 Å². The van der Waals surface area contributed by atoms with Crippen molar-refractivity contribution in [2.45, 2.75) is 0 Å². The Hall–Kier alpha value is -1.02. The highest BCUT2D eigenvalue weighted by atomic mass is 35.5. The van der Waals surface area contributed by atoms with Gasteiger partial charge in [-0.05, 0) is 12.1 Å². The lowest BCUT2D eigenvalue weighted by atomic mass is 10.2. The van der Waals surface area contributed by atoms with Crippen LogP contribution >= 0.6 is 11.6 Å². The summed E-state index contributed by atoms with van der Waals surface area (Å²) in [4.78, 5) is 12.3.